The van der Waals surface area contributed by atoms with E-state index in [-0.39, 0.29) is 18.2 Å². The monoisotopic (exact) mass is 204 g/mol. The highest BCUT2D eigenvalue weighted by molar-refractivity contribution is 6.40. The van der Waals surface area contributed by atoms with Gasteiger partial charge in [-0.25, -0.2) is 0 Å². The van der Waals surface area contributed by atoms with Crippen LogP contribution in [0.3, 0.4) is 0 Å². The summed E-state index contributed by atoms with van der Waals surface area (Å²) in [5.41, 5.74) is 0. The maximum absolute atomic E-state index is 4.76. The molecule has 0 saturated heterocycles. The maximum Gasteiger partial charge on any atom is 0.0967 e. The van der Waals surface area contributed by atoms with Crippen molar-refractivity contribution in [1.29, 1.82) is 0 Å². The topological polar surface area (TPSA) is 31.5 Å². The Morgan fingerprint density at radius 3 is 1.18 bits per heavy atom. The summed E-state index contributed by atoms with van der Waals surface area (Å²) in [4.78, 5) is 0. The van der Waals surface area contributed by atoms with Gasteiger partial charge in [0.15, 0.2) is 0 Å². The number of halogens is 2. The molecule has 0 aromatic rings. The predicted octanol–water partition coefficient (Wildman–Crippen LogP) is 3.82. The first-order valence-corrected chi connectivity index (χ1v) is 4.52. The van der Waals surface area contributed by atoms with E-state index in [0.29, 0.717) is 0 Å². The van der Waals surface area contributed by atoms with Crippen LogP contribution in [0, 0.1) is 0 Å². The van der Waals surface area contributed by atoms with Gasteiger partial charge in [0.2, 0.25) is 0 Å². The summed E-state index contributed by atoms with van der Waals surface area (Å²) in [5, 5.41) is 0.194. The molecule has 0 rings (SSSR count). The van der Waals surface area contributed by atoms with Crippen LogP contribution in [0.15, 0.2) is 0 Å². The van der Waals surface area contributed by atoms with Crippen molar-refractivity contribution in [2.45, 2.75) is 47.0 Å². The van der Waals surface area contributed by atoms with E-state index in [1.807, 2.05) is 0 Å². The lowest BCUT2D eigenvalue weighted by molar-refractivity contribution is 0.702. The van der Waals surface area contributed by atoms with Crippen molar-refractivity contribution >= 4 is 23.2 Å². The van der Waals surface area contributed by atoms with E-state index in [4.69, 9.17) is 23.2 Å². The molecule has 0 aliphatic heterocycles. The standard InChI is InChI=1S/C6H14.CH2Cl2.CH4.H2O/c1-3-5-6-4-2;2-1-3;;/h3-6H2,1-2H3;1H2;1H4;1H2. The fourth-order valence-electron chi connectivity index (χ4n) is 0.500. The van der Waals surface area contributed by atoms with Gasteiger partial charge in [0, 0.05) is 0 Å². The Morgan fingerprint density at radius 1 is 0.909 bits per heavy atom. The van der Waals surface area contributed by atoms with Gasteiger partial charge in [0.05, 0.1) is 5.34 Å². The van der Waals surface area contributed by atoms with Crippen molar-refractivity contribution in [3.8, 4) is 0 Å². The molecule has 3 heteroatoms. The smallest absolute Gasteiger partial charge is 0.0967 e. The third-order valence-corrected chi connectivity index (χ3v) is 0.957. The van der Waals surface area contributed by atoms with Crippen LogP contribution in [0.1, 0.15) is 47.0 Å². The summed E-state index contributed by atoms with van der Waals surface area (Å²) < 4.78 is 0. The minimum Gasteiger partial charge on any atom is -0.412 e. The second-order valence-corrected chi connectivity index (χ2v) is 2.62. The molecule has 0 heterocycles. The Labute approximate surface area is 81.4 Å². The van der Waals surface area contributed by atoms with Crippen LogP contribution in [0.2, 0.25) is 0 Å². The number of hydrogen-bond donors (Lipinski definition) is 0. The molecule has 0 bridgehead atoms. The maximum atomic E-state index is 4.76. The second kappa shape index (κ2) is 31.3. The third-order valence-electron chi connectivity index (χ3n) is 0.957. The zero-order valence-electron chi connectivity index (χ0n) is 6.79. The van der Waals surface area contributed by atoms with Crippen LogP contribution < -0.4 is 0 Å². The molecule has 0 radical (unpaired) electrons. The first-order valence-electron chi connectivity index (χ1n) is 3.45. The number of unbranched alkanes of at least 4 members (excludes halogenated alkanes) is 3. The lowest BCUT2D eigenvalue weighted by atomic mass is 10.2. The van der Waals surface area contributed by atoms with Gasteiger partial charge in [0.25, 0.3) is 0 Å². The molecule has 2 N–H and O–H groups in total. The molecule has 0 amide bonds. The Kier molecular flexibility index (Phi) is 64.1. The zero-order valence-corrected chi connectivity index (χ0v) is 8.30. The summed E-state index contributed by atoms with van der Waals surface area (Å²) in [6, 6.07) is 0. The van der Waals surface area contributed by atoms with Gasteiger partial charge in [0.1, 0.15) is 0 Å². The summed E-state index contributed by atoms with van der Waals surface area (Å²) in [6.45, 7) is 4.46. The van der Waals surface area contributed by atoms with Crippen LogP contribution in [-0.2, 0) is 0 Å². The van der Waals surface area contributed by atoms with E-state index >= 15 is 0 Å². The predicted molar refractivity (Wildman–Crippen MR) is 56.7 cm³/mol. The van der Waals surface area contributed by atoms with E-state index in [0.717, 1.165) is 0 Å². The summed E-state index contributed by atoms with van der Waals surface area (Å²) in [7, 11) is 0. The van der Waals surface area contributed by atoms with Gasteiger partial charge < -0.3 is 5.48 Å². The SMILES string of the molecule is C.CCCCCC.ClCCl.O. The Hall–Kier alpha value is 0.540. The van der Waals surface area contributed by atoms with Crippen LogP contribution in [0.4, 0.5) is 0 Å². The fourth-order valence-corrected chi connectivity index (χ4v) is 0.500. The molecule has 0 atom stereocenters. The molecule has 0 aromatic heterocycles. The molecule has 0 fully saturated rings. The van der Waals surface area contributed by atoms with Crippen molar-refractivity contribution in [1.82, 2.24) is 0 Å². The quantitative estimate of drug-likeness (QED) is 0.495. The largest absolute Gasteiger partial charge is 0.412 e. The van der Waals surface area contributed by atoms with Gasteiger partial charge >= 0.3 is 0 Å². The molecule has 11 heavy (non-hydrogen) atoms. The highest BCUT2D eigenvalue weighted by Gasteiger charge is 1.75. The van der Waals surface area contributed by atoms with Crippen molar-refractivity contribution in [2.24, 2.45) is 0 Å². The van der Waals surface area contributed by atoms with Crippen LogP contribution >= 0.6 is 23.2 Å². The summed E-state index contributed by atoms with van der Waals surface area (Å²) >= 11 is 9.53. The molecule has 0 aliphatic rings. The molecular weight excluding hydrogens is 183 g/mol. The minimum atomic E-state index is 0. The molecular formula is C8H22Cl2O. The summed E-state index contributed by atoms with van der Waals surface area (Å²) in [5.74, 6) is 0. The van der Waals surface area contributed by atoms with Gasteiger partial charge in [-0.05, 0) is 0 Å². The summed E-state index contributed by atoms with van der Waals surface area (Å²) in [6.07, 6.45) is 5.54. The normalized spacial score (nSPS) is 6.55. The van der Waals surface area contributed by atoms with Crippen LogP contribution in [0.25, 0.3) is 0 Å². The van der Waals surface area contributed by atoms with E-state index in [1.54, 1.807) is 0 Å². The molecule has 1 nitrogen and oxygen atoms in total. The van der Waals surface area contributed by atoms with E-state index < -0.39 is 0 Å². The molecule has 0 aliphatic carbocycles. The average Bonchev–Trinajstić information content (AvgIpc) is 1.86. The van der Waals surface area contributed by atoms with Crippen LogP contribution in [-0.4, -0.2) is 10.8 Å². The molecule has 0 unspecified atom stereocenters. The lowest BCUT2D eigenvalue weighted by Gasteiger charge is -1.86. The van der Waals surface area contributed by atoms with E-state index in [1.165, 1.54) is 25.7 Å². The van der Waals surface area contributed by atoms with Gasteiger partial charge in [-0.2, -0.15) is 0 Å². The number of rotatable bonds is 3. The van der Waals surface area contributed by atoms with E-state index in [9.17, 15) is 0 Å². The fraction of sp³-hybridized carbons (Fsp3) is 1.00. The molecule has 0 spiro atoms. The van der Waals surface area contributed by atoms with Crippen LogP contribution in [0.5, 0.6) is 0 Å². The van der Waals surface area contributed by atoms with Crippen molar-refractivity contribution in [2.75, 3.05) is 5.34 Å². The third kappa shape index (κ3) is 61.3. The second-order valence-electron chi connectivity index (χ2n) is 1.81. The highest BCUT2D eigenvalue weighted by Crippen LogP contribution is 1.95. The van der Waals surface area contributed by atoms with Gasteiger partial charge in [-0.15, -0.1) is 23.2 Å². The van der Waals surface area contributed by atoms with Crippen molar-refractivity contribution < 1.29 is 5.48 Å². The van der Waals surface area contributed by atoms with Gasteiger partial charge in [-0.3, -0.25) is 0 Å². The van der Waals surface area contributed by atoms with Crippen molar-refractivity contribution in [3.63, 3.8) is 0 Å². The zero-order chi connectivity index (χ0) is 7.54. The Bertz CT molecular complexity index is 31.3. The minimum absolute atomic E-state index is 0. The first-order chi connectivity index (χ1) is 4.33. The molecule has 0 saturated carbocycles. The number of hydrogen-bond acceptors (Lipinski definition) is 0. The molecule has 74 valence electrons. The number of alkyl halides is 2. The van der Waals surface area contributed by atoms with E-state index in [2.05, 4.69) is 13.8 Å². The average molecular weight is 205 g/mol. The van der Waals surface area contributed by atoms with Gasteiger partial charge in [-0.1, -0.05) is 47.0 Å². The lowest BCUT2D eigenvalue weighted by Crippen LogP contribution is -1.66. The Balaban J connectivity index is -0.0000000437. The highest BCUT2D eigenvalue weighted by atomic mass is 35.5. The molecule has 0 aromatic carbocycles. The van der Waals surface area contributed by atoms with Crippen molar-refractivity contribution in [3.05, 3.63) is 0 Å². The first kappa shape index (κ1) is 22.5. The Morgan fingerprint density at radius 2 is 1.09 bits per heavy atom.